The number of benzene rings is 2. The highest BCUT2D eigenvalue weighted by molar-refractivity contribution is 7.89. The Labute approximate surface area is 201 Å². The molecule has 1 saturated heterocycles. The lowest BCUT2D eigenvalue weighted by atomic mass is 9.85. The fraction of sp³-hybridized carbons (Fsp3) is 0.538. The molecule has 4 nitrogen and oxygen atoms in total. The molecule has 3 aliphatic rings. The van der Waals surface area contributed by atoms with Crippen molar-refractivity contribution in [2.75, 3.05) is 31.9 Å². The molecule has 1 aliphatic heterocycles. The number of nitrogens with one attached hydrogen (secondary N) is 1. The molecule has 0 amide bonds. The molecule has 33 heavy (non-hydrogen) atoms. The van der Waals surface area contributed by atoms with Crippen LogP contribution in [0.15, 0.2) is 36.4 Å². The van der Waals surface area contributed by atoms with Crippen LogP contribution in [0.4, 0.5) is 4.39 Å². The van der Waals surface area contributed by atoms with E-state index in [1.807, 2.05) is 24.3 Å². The zero-order chi connectivity index (χ0) is 23.0. The van der Waals surface area contributed by atoms with Crippen LogP contribution in [-0.2, 0) is 29.3 Å². The van der Waals surface area contributed by atoms with Crippen molar-refractivity contribution >= 4 is 21.6 Å². The van der Waals surface area contributed by atoms with Gasteiger partial charge in [-0.1, -0.05) is 29.8 Å². The molecule has 0 radical (unpaired) electrons. The number of rotatable bonds is 10. The summed E-state index contributed by atoms with van der Waals surface area (Å²) in [5, 5.41) is 0.739. The molecule has 0 aromatic heterocycles. The first-order valence-corrected chi connectivity index (χ1v) is 14.1. The van der Waals surface area contributed by atoms with E-state index in [2.05, 4.69) is 15.7 Å². The van der Waals surface area contributed by atoms with Gasteiger partial charge in [-0.2, -0.15) is 0 Å². The summed E-state index contributed by atoms with van der Waals surface area (Å²) in [6.45, 7) is 3.58. The molecule has 2 aromatic carbocycles. The maximum Gasteiger partial charge on any atom is 0.211 e. The number of nitrogens with zero attached hydrogens (tertiary/aromatic N) is 1. The van der Waals surface area contributed by atoms with Crippen molar-refractivity contribution in [1.82, 2.24) is 9.62 Å². The Balaban J connectivity index is 1.33. The van der Waals surface area contributed by atoms with E-state index < -0.39 is 10.0 Å². The van der Waals surface area contributed by atoms with Crippen molar-refractivity contribution in [2.45, 2.75) is 44.4 Å². The first kappa shape index (κ1) is 23.3. The summed E-state index contributed by atoms with van der Waals surface area (Å²) in [4.78, 5) is 2.49. The summed E-state index contributed by atoms with van der Waals surface area (Å²) in [6.07, 6.45) is 5.38. The van der Waals surface area contributed by atoms with Crippen molar-refractivity contribution < 1.29 is 12.8 Å². The van der Waals surface area contributed by atoms with Gasteiger partial charge in [-0.25, -0.2) is 17.5 Å². The third-order valence-corrected chi connectivity index (χ3v) is 9.20. The van der Waals surface area contributed by atoms with Crippen LogP contribution >= 0.6 is 11.6 Å². The van der Waals surface area contributed by atoms with Crippen LogP contribution in [0.5, 0.6) is 0 Å². The smallest absolute Gasteiger partial charge is 0.211 e. The largest absolute Gasteiger partial charge is 0.303 e. The predicted octanol–water partition coefficient (Wildman–Crippen LogP) is 4.56. The number of hydrogen-bond acceptors (Lipinski definition) is 3. The van der Waals surface area contributed by atoms with Crippen molar-refractivity contribution in [3.63, 3.8) is 0 Å². The van der Waals surface area contributed by atoms with Crippen molar-refractivity contribution in [3.8, 4) is 0 Å². The van der Waals surface area contributed by atoms with Crippen molar-refractivity contribution in [2.24, 2.45) is 11.8 Å². The number of sulfonamides is 1. The van der Waals surface area contributed by atoms with E-state index in [0.29, 0.717) is 29.7 Å². The Kier molecular flexibility index (Phi) is 6.81. The fourth-order valence-corrected chi connectivity index (χ4v) is 7.05. The van der Waals surface area contributed by atoms with E-state index in [0.717, 1.165) is 55.9 Å². The minimum atomic E-state index is -3.28. The Hall–Kier alpha value is -1.47. The van der Waals surface area contributed by atoms with E-state index in [1.54, 1.807) is 6.07 Å². The number of halogens is 2. The lowest BCUT2D eigenvalue weighted by Gasteiger charge is -2.35. The molecule has 1 heterocycles. The van der Waals surface area contributed by atoms with Gasteiger partial charge in [0.15, 0.2) is 0 Å². The molecule has 2 aliphatic carbocycles. The molecule has 2 fully saturated rings. The molecule has 2 aromatic rings. The summed E-state index contributed by atoms with van der Waals surface area (Å²) in [7, 11) is -3.28. The summed E-state index contributed by atoms with van der Waals surface area (Å²) in [5.41, 5.74) is 4.12. The van der Waals surface area contributed by atoms with Gasteiger partial charge in [-0.05, 0) is 110 Å². The summed E-state index contributed by atoms with van der Waals surface area (Å²) < 4.78 is 42.0. The van der Waals surface area contributed by atoms with Crippen LogP contribution in [0.3, 0.4) is 0 Å². The Morgan fingerprint density at radius 3 is 2.67 bits per heavy atom. The maximum absolute atomic E-state index is 15.0. The summed E-state index contributed by atoms with van der Waals surface area (Å²) in [5.74, 6) is 1.03. The standard InChI is InChI=1S/C26H32ClFN2O2S/c27-23-4-1-3-19(11-23)12-24-22(16-30-9-2-10-30)13-21-15-26(28)20(14-25(21)24)7-8-29-33(31,32)17-18-5-6-18/h1,3-4,11,14-15,18,22,24,29H,2,5-10,12-13,16-17H2. The third kappa shape index (κ3) is 5.79. The van der Waals surface area contributed by atoms with E-state index in [9.17, 15) is 12.8 Å². The summed E-state index contributed by atoms with van der Waals surface area (Å²) >= 11 is 6.24. The number of likely N-dealkylation sites (tertiary alicyclic amines) is 1. The Morgan fingerprint density at radius 1 is 1.15 bits per heavy atom. The highest BCUT2D eigenvalue weighted by atomic mass is 35.5. The van der Waals surface area contributed by atoms with E-state index >= 15 is 0 Å². The number of hydrogen-bond donors (Lipinski definition) is 1. The highest BCUT2D eigenvalue weighted by Crippen LogP contribution is 2.42. The predicted molar refractivity (Wildman–Crippen MR) is 131 cm³/mol. The number of fused-ring (bicyclic) bond motifs is 1. The van der Waals surface area contributed by atoms with Gasteiger partial charge in [0.1, 0.15) is 5.82 Å². The van der Waals surface area contributed by atoms with Gasteiger partial charge in [0.2, 0.25) is 10.0 Å². The molecule has 1 saturated carbocycles. The highest BCUT2D eigenvalue weighted by Gasteiger charge is 2.35. The molecule has 5 rings (SSSR count). The molecule has 2 unspecified atom stereocenters. The van der Waals surface area contributed by atoms with Crippen LogP contribution in [-0.4, -0.2) is 45.2 Å². The van der Waals surface area contributed by atoms with Gasteiger partial charge < -0.3 is 4.90 Å². The van der Waals surface area contributed by atoms with Crippen LogP contribution < -0.4 is 4.72 Å². The van der Waals surface area contributed by atoms with Gasteiger partial charge in [0.05, 0.1) is 5.75 Å². The van der Waals surface area contributed by atoms with Gasteiger partial charge in [0.25, 0.3) is 0 Å². The second kappa shape index (κ2) is 9.65. The zero-order valence-corrected chi connectivity index (χ0v) is 20.5. The van der Waals surface area contributed by atoms with Gasteiger partial charge in [-0.3, -0.25) is 0 Å². The average Bonchev–Trinajstić information content (AvgIpc) is 3.47. The monoisotopic (exact) mass is 490 g/mol. The molecule has 0 bridgehead atoms. The van der Waals surface area contributed by atoms with E-state index in [4.69, 9.17) is 11.6 Å². The van der Waals surface area contributed by atoms with Crippen LogP contribution in [0.2, 0.25) is 5.02 Å². The fourth-order valence-electron chi connectivity index (χ4n) is 5.35. The van der Waals surface area contributed by atoms with E-state index in [1.165, 1.54) is 17.5 Å². The molecule has 2 atom stereocenters. The molecular formula is C26H32ClFN2O2S. The van der Waals surface area contributed by atoms with Crippen LogP contribution in [0, 0.1) is 17.7 Å². The minimum Gasteiger partial charge on any atom is -0.303 e. The Morgan fingerprint density at radius 2 is 1.97 bits per heavy atom. The van der Waals surface area contributed by atoms with Gasteiger partial charge >= 0.3 is 0 Å². The molecule has 0 spiro atoms. The average molecular weight is 491 g/mol. The second-order valence-electron chi connectivity index (χ2n) is 10.1. The van der Waals surface area contributed by atoms with Crippen molar-refractivity contribution in [3.05, 3.63) is 69.5 Å². The first-order valence-electron chi connectivity index (χ1n) is 12.1. The van der Waals surface area contributed by atoms with Crippen LogP contribution in [0.25, 0.3) is 0 Å². The quantitative estimate of drug-likeness (QED) is 0.531. The Bertz CT molecular complexity index is 1120. The third-order valence-electron chi connectivity index (χ3n) is 7.41. The van der Waals surface area contributed by atoms with Crippen molar-refractivity contribution in [1.29, 1.82) is 0 Å². The second-order valence-corrected chi connectivity index (χ2v) is 12.4. The van der Waals surface area contributed by atoms with E-state index in [-0.39, 0.29) is 18.1 Å². The van der Waals surface area contributed by atoms with Gasteiger partial charge in [0, 0.05) is 18.1 Å². The topological polar surface area (TPSA) is 49.4 Å². The molecular weight excluding hydrogens is 459 g/mol. The molecule has 178 valence electrons. The molecule has 1 N–H and O–H groups in total. The lowest BCUT2D eigenvalue weighted by Crippen LogP contribution is -2.41. The van der Waals surface area contributed by atoms with Crippen LogP contribution in [0.1, 0.15) is 47.4 Å². The minimum absolute atomic E-state index is 0.194. The molecule has 7 heteroatoms. The first-order chi connectivity index (χ1) is 15.9. The summed E-state index contributed by atoms with van der Waals surface area (Å²) in [6, 6.07) is 11.7. The SMILES string of the molecule is O=S(=O)(CC1CC1)NCCc1cc2c(cc1F)CC(CN1CCC1)C2Cc1cccc(Cl)c1. The normalized spacial score (nSPS) is 22.8. The maximum atomic E-state index is 15.0. The van der Waals surface area contributed by atoms with Gasteiger partial charge in [-0.15, -0.1) is 0 Å². The lowest BCUT2D eigenvalue weighted by molar-refractivity contribution is 0.145. The zero-order valence-electron chi connectivity index (χ0n) is 18.9.